The second-order valence-electron chi connectivity index (χ2n) is 4.35. The molecule has 0 aliphatic heterocycles. The number of nitrogens with zero attached hydrogens (tertiary/aromatic N) is 3. The molecule has 0 aliphatic rings. The maximum absolute atomic E-state index is 10.6. The topological polar surface area (TPSA) is 74.1 Å². The molecule has 0 saturated heterocycles. The van der Waals surface area contributed by atoms with Gasteiger partial charge in [-0.1, -0.05) is 34.1 Å². The lowest BCUT2D eigenvalue weighted by Gasteiger charge is -2.03. The zero-order valence-electron chi connectivity index (χ0n) is 10.7. The summed E-state index contributed by atoms with van der Waals surface area (Å²) in [5, 5.41) is 14.9. The molecule has 0 saturated carbocycles. The molecule has 2 aromatic heterocycles. The highest BCUT2D eigenvalue weighted by Gasteiger charge is 2.20. The van der Waals surface area contributed by atoms with E-state index in [1.54, 1.807) is 16.9 Å². The minimum atomic E-state index is -0.559. The predicted octanol–water partition coefficient (Wildman–Crippen LogP) is 3.86. The second kappa shape index (κ2) is 5.53. The fourth-order valence-electron chi connectivity index (χ4n) is 1.93. The van der Waals surface area contributed by atoms with Crippen molar-refractivity contribution in [2.24, 2.45) is 0 Å². The smallest absolute Gasteiger partial charge is 0.404 e. The van der Waals surface area contributed by atoms with Gasteiger partial charge in [-0.3, -0.25) is 10.1 Å². The fraction of sp³-hybridized carbons (Fsp3) is 0.0714. The SMILES string of the molecule is O=[N+]([O-])c1ccc(C(Br)c2cnn(-c3ccccc3)c2)o1. The predicted molar refractivity (Wildman–Crippen MR) is 79.7 cm³/mol. The van der Waals surface area contributed by atoms with E-state index in [9.17, 15) is 10.1 Å². The lowest BCUT2D eigenvalue weighted by atomic mass is 10.2. The first-order valence-electron chi connectivity index (χ1n) is 6.13. The molecule has 1 atom stereocenters. The summed E-state index contributed by atoms with van der Waals surface area (Å²) in [7, 11) is 0. The maximum Gasteiger partial charge on any atom is 0.433 e. The molecule has 0 spiro atoms. The molecule has 106 valence electrons. The molecule has 21 heavy (non-hydrogen) atoms. The van der Waals surface area contributed by atoms with E-state index in [4.69, 9.17) is 4.42 Å². The van der Waals surface area contributed by atoms with Gasteiger partial charge in [0.1, 0.15) is 15.5 Å². The summed E-state index contributed by atoms with van der Waals surface area (Å²) in [6.07, 6.45) is 3.55. The Hall–Kier alpha value is -2.41. The molecule has 7 heteroatoms. The molecule has 2 heterocycles. The average Bonchev–Trinajstić information content (AvgIpc) is 3.17. The van der Waals surface area contributed by atoms with Crippen LogP contribution in [0.2, 0.25) is 0 Å². The van der Waals surface area contributed by atoms with Gasteiger partial charge in [-0.25, -0.2) is 4.68 Å². The van der Waals surface area contributed by atoms with Crippen LogP contribution in [0.1, 0.15) is 16.2 Å². The summed E-state index contributed by atoms with van der Waals surface area (Å²) in [6, 6.07) is 12.6. The first kappa shape index (κ1) is 13.6. The number of furan rings is 1. The number of halogens is 1. The Morgan fingerprint density at radius 3 is 2.67 bits per heavy atom. The van der Waals surface area contributed by atoms with Gasteiger partial charge in [-0.15, -0.1) is 0 Å². The number of alkyl halides is 1. The third kappa shape index (κ3) is 2.73. The van der Waals surface area contributed by atoms with Crippen LogP contribution in [0.25, 0.3) is 5.69 Å². The standard InChI is InChI=1S/C14H10BrN3O3/c15-14(12-6-7-13(21-12)18(19)20)10-8-16-17(9-10)11-4-2-1-3-5-11/h1-9,14H. The monoisotopic (exact) mass is 347 g/mol. The third-order valence-electron chi connectivity index (χ3n) is 2.96. The van der Waals surface area contributed by atoms with Crippen LogP contribution in [0.15, 0.2) is 59.3 Å². The molecule has 1 aromatic carbocycles. The van der Waals surface area contributed by atoms with E-state index in [1.807, 2.05) is 36.5 Å². The number of hydrogen-bond donors (Lipinski definition) is 0. The van der Waals surface area contributed by atoms with E-state index in [-0.39, 0.29) is 10.7 Å². The highest BCUT2D eigenvalue weighted by molar-refractivity contribution is 9.09. The third-order valence-corrected chi connectivity index (χ3v) is 3.94. The van der Waals surface area contributed by atoms with Crippen LogP contribution >= 0.6 is 15.9 Å². The fourth-order valence-corrected chi connectivity index (χ4v) is 2.41. The number of benzene rings is 1. The van der Waals surface area contributed by atoms with Crippen LogP contribution in [0.4, 0.5) is 5.88 Å². The Balaban J connectivity index is 1.87. The Labute approximate surface area is 128 Å². The molecule has 0 aliphatic carbocycles. The zero-order chi connectivity index (χ0) is 14.8. The largest absolute Gasteiger partial charge is 0.433 e. The Morgan fingerprint density at radius 1 is 1.24 bits per heavy atom. The van der Waals surface area contributed by atoms with Crippen LogP contribution in [-0.2, 0) is 0 Å². The first-order chi connectivity index (χ1) is 10.1. The first-order valence-corrected chi connectivity index (χ1v) is 7.05. The Bertz CT molecular complexity index is 767. The summed E-state index contributed by atoms with van der Waals surface area (Å²) in [4.78, 5) is 9.80. The van der Waals surface area contributed by atoms with E-state index in [0.717, 1.165) is 11.3 Å². The van der Waals surface area contributed by atoms with Crippen LogP contribution in [0.5, 0.6) is 0 Å². The van der Waals surface area contributed by atoms with Crippen molar-refractivity contribution in [3.05, 3.63) is 76.3 Å². The summed E-state index contributed by atoms with van der Waals surface area (Å²) in [6.45, 7) is 0. The second-order valence-corrected chi connectivity index (χ2v) is 5.27. The van der Waals surface area contributed by atoms with Gasteiger partial charge >= 0.3 is 5.88 Å². The molecule has 1 unspecified atom stereocenters. The lowest BCUT2D eigenvalue weighted by molar-refractivity contribution is -0.402. The number of rotatable bonds is 4. The molecular formula is C14H10BrN3O3. The van der Waals surface area contributed by atoms with E-state index < -0.39 is 4.92 Å². The van der Waals surface area contributed by atoms with Crippen molar-refractivity contribution in [2.75, 3.05) is 0 Å². The van der Waals surface area contributed by atoms with Gasteiger partial charge in [0.25, 0.3) is 0 Å². The van der Waals surface area contributed by atoms with Crippen LogP contribution in [0.3, 0.4) is 0 Å². The minimum Gasteiger partial charge on any atom is -0.404 e. The molecule has 3 rings (SSSR count). The van der Waals surface area contributed by atoms with Gasteiger partial charge in [0.2, 0.25) is 0 Å². The van der Waals surface area contributed by atoms with E-state index >= 15 is 0 Å². The van der Waals surface area contributed by atoms with Crippen molar-refractivity contribution in [1.82, 2.24) is 9.78 Å². The summed E-state index contributed by atoms with van der Waals surface area (Å²) < 4.78 is 6.93. The molecule has 6 nitrogen and oxygen atoms in total. The summed E-state index contributed by atoms with van der Waals surface area (Å²) in [5.41, 5.74) is 1.79. The molecule has 0 N–H and O–H groups in total. The van der Waals surface area contributed by atoms with E-state index in [2.05, 4.69) is 21.0 Å². The highest BCUT2D eigenvalue weighted by atomic mass is 79.9. The van der Waals surface area contributed by atoms with Gasteiger partial charge < -0.3 is 4.42 Å². The molecular weight excluding hydrogens is 338 g/mol. The normalized spacial score (nSPS) is 12.2. The number of para-hydroxylation sites is 1. The van der Waals surface area contributed by atoms with E-state index in [0.29, 0.717) is 5.76 Å². The van der Waals surface area contributed by atoms with Crippen LogP contribution in [-0.4, -0.2) is 14.7 Å². The number of hydrogen-bond acceptors (Lipinski definition) is 4. The van der Waals surface area contributed by atoms with Crippen LogP contribution in [0, 0.1) is 10.1 Å². The quantitative estimate of drug-likeness (QED) is 0.408. The van der Waals surface area contributed by atoms with Gasteiger partial charge in [0.15, 0.2) is 0 Å². The molecule has 0 amide bonds. The van der Waals surface area contributed by atoms with Crippen molar-refractivity contribution >= 4 is 21.8 Å². The molecule has 0 bridgehead atoms. The van der Waals surface area contributed by atoms with Crippen molar-refractivity contribution in [1.29, 1.82) is 0 Å². The molecule has 0 fully saturated rings. The molecule has 0 radical (unpaired) electrons. The van der Waals surface area contributed by atoms with Crippen LogP contribution < -0.4 is 0 Å². The summed E-state index contributed by atoms with van der Waals surface area (Å²) in [5.74, 6) is 0.194. The Morgan fingerprint density at radius 2 is 2.00 bits per heavy atom. The van der Waals surface area contributed by atoms with Gasteiger partial charge in [-0.2, -0.15) is 5.10 Å². The lowest BCUT2D eigenvalue weighted by Crippen LogP contribution is -1.93. The van der Waals surface area contributed by atoms with Gasteiger partial charge in [0.05, 0.1) is 18.0 Å². The van der Waals surface area contributed by atoms with Crippen molar-refractivity contribution < 1.29 is 9.34 Å². The molecule has 3 aromatic rings. The minimum absolute atomic E-state index is 0.273. The van der Waals surface area contributed by atoms with Crippen molar-refractivity contribution in [3.63, 3.8) is 0 Å². The highest BCUT2D eigenvalue weighted by Crippen LogP contribution is 2.33. The van der Waals surface area contributed by atoms with Gasteiger partial charge in [-0.05, 0) is 18.2 Å². The summed E-state index contributed by atoms with van der Waals surface area (Å²) >= 11 is 3.47. The van der Waals surface area contributed by atoms with Crippen molar-refractivity contribution in [2.45, 2.75) is 4.83 Å². The number of aromatic nitrogens is 2. The van der Waals surface area contributed by atoms with Gasteiger partial charge in [0, 0.05) is 11.8 Å². The zero-order valence-corrected chi connectivity index (χ0v) is 12.3. The van der Waals surface area contributed by atoms with E-state index in [1.165, 1.54) is 6.07 Å². The van der Waals surface area contributed by atoms with Crippen molar-refractivity contribution in [3.8, 4) is 5.69 Å². The Kier molecular flexibility index (Phi) is 3.57. The number of nitro groups is 1. The average molecular weight is 348 g/mol. The maximum atomic E-state index is 10.6.